The lowest BCUT2D eigenvalue weighted by atomic mass is 9.99. The molecule has 1 atom stereocenters. The molecule has 0 aliphatic heterocycles. The number of hydrogen-bond acceptors (Lipinski definition) is 3. The Morgan fingerprint density at radius 2 is 1.76 bits per heavy atom. The molecular weight excluding hydrogens is 258 g/mol. The van der Waals surface area contributed by atoms with Gasteiger partial charge < -0.3 is 10.6 Å². The van der Waals surface area contributed by atoms with Crippen LogP contribution in [0.4, 0.5) is 5.69 Å². The SMILES string of the molecule is CN(C)c1cccc(C(N)c2cnc3ccccc3c2)c1. The quantitative estimate of drug-likeness (QED) is 0.798. The van der Waals surface area contributed by atoms with E-state index in [1.807, 2.05) is 44.6 Å². The Balaban J connectivity index is 1.99. The van der Waals surface area contributed by atoms with E-state index < -0.39 is 0 Å². The number of aromatic nitrogens is 1. The van der Waals surface area contributed by atoms with Gasteiger partial charge in [-0.1, -0.05) is 30.3 Å². The highest BCUT2D eigenvalue weighted by molar-refractivity contribution is 5.79. The molecule has 0 aliphatic carbocycles. The maximum atomic E-state index is 6.42. The van der Waals surface area contributed by atoms with E-state index in [-0.39, 0.29) is 6.04 Å². The van der Waals surface area contributed by atoms with Crippen LogP contribution in [0.15, 0.2) is 60.8 Å². The number of para-hydroxylation sites is 1. The van der Waals surface area contributed by atoms with Crippen molar-refractivity contribution in [3.63, 3.8) is 0 Å². The molecule has 2 aromatic carbocycles. The molecule has 3 rings (SSSR count). The molecule has 0 fully saturated rings. The zero-order chi connectivity index (χ0) is 14.8. The first kappa shape index (κ1) is 13.6. The fourth-order valence-corrected chi connectivity index (χ4v) is 2.45. The van der Waals surface area contributed by atoms with Gasteiger partial charge in [-0.3, -0.25) is 4.98 Å². The van der Waals surface area contributed by atoms with Crippen LogP contribution in [0.3, 0.4) is 0 Å². The zero-order valence-corrected chi connectivity index (χ0v) is 12.3. The van der Waals surface area contributed by atoms with Crippen molar-refractivity contribution < 1.29 is 0 Å². The topological polar surface area (TPSA) is 42.1 Å². The molecule has 21 heavy (non-hydrogen) atoms. The summed E-state index contributed by atoms with van der Waals surface area (Å²) in [5.74, 6) is 0. The number of nitrogens with zero attached hydrogens (tertiary/aromatic N) is 2. The lowest BCUT2D eigenvalue weighted by Crippen LogP contribution is -2.14. The van der Waals surface area contributed by atoms with Crippen molar-refractivity contribution in [1.29, 1.82) is 0 Å². The summed E-state index contributed by atoms with van der Waals surface area (Å²) < 4.78 is 0. The summed E-state index contributed by atoms with van der Waals surface area (Å²) in [7, 11) is 4.06. The first-order valence-corrected chi connectivity index (χ1v) is 7.03. The predicted octanol–water partition coefficient (Wildman–Crippen LogP) is 3.35. The minimum Gasteiger partial charge on any atom is -0.378 e. The summed E-state index contributed by atoms with van der Waals surface area (Å²) in [6, 6.07) is 18.4. The van der Waals surface area contributed by atoms with E-state index in [1.165, 1.54) is 0 Å². The number of fused-ring (bicyclic) bond motifs is 1. The van der Waals surface area contributed by atoms with E-state index in [0.717, 1.165) is 27.7 Å². The Kier molecular flexibility index (Phi) is 3.59. The number of rotatable bonds is 3. The summed E-state index contributed by atoms with van der Waals surface area (Å²) in [5.41, 5.74) is 10.7. The minimum absolute atomic E-state index is 0.165. The number of hydrogen-bond donors (Lipinski definition) is 1. The summed E-state index contributed by atoms with van der Waals surface area (Å²) in [5, 5.41) is 1.12. The van der Waals surface area contributed by atoms with Crippen molar-refractivity contribution in [2.45, 2.75) is 6.04 Å². The van der Waals surface area contributed by atoms with Crippen molar-refractivity contribution in [2.75, 3.05) is 19.0 Å². The second-order valence-electron chi connectivity index (χ2n) is 5.43. The van der Waals surface area contributed by atoms with E-state index in [4.69, 9.17) is 5.73 Å². The van der Waals surface area contributed by atoms with Crippen molar-refractivity contribution in [1.82, 2.24) is 4.98 Å². The van der Waals surface area contributed by atoms with E-state index in [9.17, 15) is 0 Å². The predicted molar refractivity (Wildman–Crippen MR) is 88.5 cm³/mol. The van der Waals surface area contributed by atoms with Gasteiger partial charge in [0.2, 0.25) is 0 Å². The molecule has 0 saturated carbocycles. The molecule has 3 nitrogen and oxygen atoms in total. The van der Waals surface area contributed by atoms with Crippen LogP contribution in [0.25, 0.3) is 10.9 Å². The van der Waals surface area contributed by atoms with Crippen LogP contribution < -0.4 is 10.6 Å². The molecule has 0 spiro atoms. The van der Waals surface area contributed by atoms with Crippen LogP contribution in [0.2, 0.25) is 0 Å². The molecule has 1 unspecified atom stereocenters. The van der Waals surface area contributed by atoms with Gasteiger partial charge in [-0.05, 0) is 35.4 Å². The minimum atomic E-state index is -0.165. The summed E-state index contributed by atoms with van der Waals surface area (Å²) >= 11 is 0. The molecule has 3 heteroatoms. The second-order valence-corrected chi connectivity index (χ2v) is 5.43. The Hall–Kier alpha value is -2.39. The van der Waals surface area contributed by atoms with Crippen LogP contribution in [-0.2, 0) is 0 Å². The van der Waals surface area contributed by atoms with Crippen LogP contribution in [-0.4, -0.2) is 19.1 Å². The standard InChI is InChI=1S/C18H19N3/c1-21(2)16-8-5-7-14(11-16)18(19)15-10-13-6-3-4-9-17(13)20-12-15/h3-12,18H,19H2,1-2H3. The van der Waals surface area contributed by atoms with Gasteiger partial charge in [-0.2, -0.15) is 0 Å². The van der Waals surface area contributed by atoms with Gasteiger partial charge in [-0.25, -0.2) is 0 Å². The van der Waals surface area contributed by atoms with E-state index in [2.05, 4.69) is 40.2 Å². The molecular formula is C18H19N3. The van der Waals surface area contributed by atoms with Gasteiger partial charge in [-0.15, -0.1) is 0 Å². The van der Waals surface area contributed by atoms with Crippen molar-refractivity contribution in [3.8, 4) is 0 Å². The summed E-state index contributed by atoms with van der Waals surface area (Å²) in [6.07, 6.45) is 1.87. The highest BCUT2D eigenvalue weighted by Gasteiger charge is 2.11. The van der Waals surface area contributed by atoms with Gasteiger partial charge in [0.05, 0.1) is 11.6 Å². The van der Waals surface area contributed by atoms with Gasteiger partial charge in [0.15, 0.2) is 0 Å². The first-order chi connectivity index (χ1) is 10.1. The molecule has 0 bridgehead atoms. The highest BCUT2D eigenvalue weighted by atomic mass is 15.1. The third kappa shape index (κ3) is 2.73. The molecule has 0 amide bonds. The van der Waals surface area contributed by atoms with Crippen molar-refractivity contribution >= 4 is 16.6 Å². The molecule has 3 aromatic rings. The molecule has 1 heterocycles. The Morgan fingerprint density at radius 1 is 0.952 bits per heavy atom. The monoisotopic (exact) mass is 277 g/mol. The summed E-state index contributed by atoms with van der Waals surface area (Å²) in [6.45, 7) is 0. The van der Waals surface area contributed by atoms with Crippen LogP contribution >= 0.6 is 0 Å². The van der Waals surface area contributed by atoms with Crippen molar-refractivity contribution in [2.24, 2.45) is 5.73 Å². The zero-order valence-electron chi connectivity index (χ0n) is 12.3. The largest absolute Gasteiger partial charge is 0.378 e. The third-order valence-corrected chi connectivity index (χ3v) is 3.72. The van der Waals surface area contributed by atoms with Gasteiger partial charge in [0.25, 0.3) is 0 Å². The van der Waals surface area contributed by atoms with Crippen LogP contribution in [0.5, 0.6) is 0 Å². The normalized spacial score (nSPS) is 12.3. The maximum Gasteiger partial charge on any atom is 0.0702 e. The third-order valence-electron chi connectivity index (χ3n) is 3.72. The Morgan fingerprint density at radius 3 is 2.57 bits per heavy atom. The van der Waals surface area contributed by atoms with Gasteiger partial charge in [0.1, 0.15) is 0 Å². The first-order valence-electron chi connectivity index (χ1n) is 7.03. The molecule has 1 aromatic heterocycles. The maximum absolute atomic E-state index is 6.42. The van der Waals surface area contributed by atoms with Crippen LogP contribution in [0, 0.1) is 0 Å². The lowest BCUT2D eigenvalue weighted by molar-refractivity contribution is 0.865. The average molecular weight is 277 g/mol. The number of nitrogens with two attached hydrogens (primary N) is 1. The molecule has 2 N–H and O–H groups in total. The second kappa shape index (κ2) is 5.54. The van der Waals surface area contributed by atoms with E-state index in [1.54, 1.807) is 0 Å². The highest BCUT2D eigenvalue weighted by Crippen LogP contribution is 2.24. The Bertz CT molecular complexity index is 765. The number of benzene rings is 2. The fraction of sp³-hybridized carbons (Fsp3) is 0.167. The smallest absolute Gasteiger partial charge is 0.0702 e. The van der Waals surface area contributed by atoms with Crippen molar-refractivity contribution in [3.05, 3.63) is 71.9 Å². The van der Waals surface area contributed by atoms with E-state index in [0.29, 0.717) is 0 Å². The molecule has 0 radical (unpaired) electrons. The van der Waals surface area contributed by atoms with Gasteiger partial charge in [0, 0.05) is 31.4 Å². The number of pyridine rings is 1. The number of anilines is 1. The van der Waals surface area contributed by atoms with Gasteiger partial charge >= 0.3 is 0 Å². The summed E-state index contributed by atoms with van der Waals surface area (Å²) in [4.78, 5) is 6.57. The van der Waals surface area contributed by atoms with E-state index >= 15 is 0 Å². The lowest BCUT2D eigenvalue weighted by Gasteiger charge is -2.17. The molecule has 0 aliphatic rings. The Labute approximate surface area is 125 Å². The average Bonchev–Trinajstić information content (AvgIpc) is 2.53. The fourth-order valence-electron chi connectivity index (χ4n) is 2.45. The van der Waals surface area contributed by atoms with Crippen LogP contribution in [0.1, 0.15) is 17.2 Å². The molecule has 0 saturated heterocycles. The molecule has 106 valence electrons.